The summed E-state index contributed by atoms with van der Waals surface area (Å²) in [4.78, 5) is 28.3. The standard InChI is InChI=1S/3C3H6O.7CHCl3/c3*1-3(2)4;7*2-1(3)4/h3*1-2H3;7*1H. The van der Waals surface area contributed by atoms with Crippen LogP contribution in [0.3, 0.4) is 0 Å². The fourth-order valence-electron chi connectivity index (χ4n) is 0. The normalized spacial score (nSPS) is 8.25. The Kier molecular flexibility index (Phi) is 118. The molecule has 0 aromatic rings. The van der Waals surface area contributed by atoms with Crippen LogP contribution in [0.25, 0.3) is 0 Å². The van der Waals surface area contributed by atoms with E-state index in [9.17, 15) is 14.4 Å². The zero-order valence-electron chi connectivity index (χ0n) is 20.7. The van der Waals surface area contributed by atoms with Crippen LogP contribution in [0.5, 0.6) is 0 Å². The molecule has 3 nitrogen and oxygen atoms in total. The van der Waals surface area contributed by atoms with Crippen molar-refractivity contribution in [2.45, 2.75) is 71.6 Å². The molecular weight excluding hydrogens is 985 g/mol. The lowest BCUT2D eigenvalue weighted by atomic mass is 10.6. The van der Waals surface area contributed by atoms with Gasteiger partial charge in [-0.2, -0.15) is 0 Å². The zero-order chi connectivity index (χ0) is 35.8. The van der Waals surface area contributed by atoms with Crippen LogP contribution in [0.15, 0.2) is 0 Å². The minimum atomic E-state index is -0.750. The van der Waals surface area contributed by atoms with Crippen molar-refractivity contribution in [3.8, 4) is 0 Å². The van der Waals surface area contributed by atoms with Crippen molar-refractivity contribution >= 4 is 261 Å². The Balaban J connectivity index is -0.0000000312. The zero-order valence-corrected chi connectivity index (χ0v) is 36.6. The summed E-state index contributed by atoms with van der Waals surface area (Å²) in [6, 6.07) is 0. The summed E-state index contributed by atoms with van der Waals surface area (Å²) in [6.45, 7) is 9.17. The second kappa shape index (κ2) is 66.5. The number of Topliss-reactive ketones (excluding diaryl/α,β-unsaturated/α-hetero) is 3. The number of carbonyl (C=O) groups excluding carboxylic acids is 3. The average molecular weight is 1010 g/mol. The third-order valence-electron chi connectivity index (χ3n) is 0. The number of rotatable bonds is 0. The minimum absolute atomic E-state index is 0.167. The van der Waals surface area contributed by atoms with Gasteiger partial charge in [-0.3, -0.25) is 0 Å². The predicted octanol–water partition coefficient (Wildman–Crippen LogP) is 15.7. The second-order valence-corrected chi connectivity index (χ2v) is 18.3. The molecule has 0 saturated heterocycles. The minimum Gasteiger partial charge on any atom is -0.300 e. The average Bonchev–Trinajstić information content (AvgIpc) is 2.47. The van der Waals surface area contributed by atoms with Crippen molar-refractivity contribution in [1.82, 2.24) is 0 Å². The number of halogens is 21. The number of alkyl halides is 21. The fourth-order valence-corrected chi connectivity index (χ4v) is 0. The summed E-state index contributed by atoms with van der Waals surface area (Å²) in [6.07, 6.45) is 0. The molecule has 0 aliphatic carbocycles. The van der Waals surface area contributed by atoms with Crippen molar-refractivity contribution in [1.29, 1.82) is 0 Å². The Morgan fingerprint density at radius 1 is 0.250 bits per heavy atom. The van der Waals surface area contributed by atoms with Crippen molar-refractivity contribution in [3.63, 3.8) is 0 Å². The third kappa shape index (κ3) is 2940. The molecule has 0 aliphatic rings. The third-order valence-corrected chi connectivity index (χ3v) is 0. The molecule has 254 valence electrons. The van der Waals surface area contributed by atoms with Gasteiger partial charge >= 0.3 is 0 Å². The number of ketones is 3. The highest BCUT2D eigenvalue weighted by Gasteiger charge is 1.81. The second-order valence-electron chi connectivity index (χ2n) is 4.46. The fraction of sp³-hybridized carbons (Fsp3) is 0.812. The Hall–Kier alpha value is 5.10. The van der Waals surface area contributed by atoms with Gasteiger partial charge in [0, 0.05) is 0 Å². The Labute approximate surface area is 342 Å². The summed E-state index contributed by atoms with van der Waals surface area (Å²) in [5.74, 6) is 0.500. The molecule has 0 spiro atoms. The van der Waals surface area contributed by atoms with Crippen molar-refractivity contribution in [2.24, 2.45) is 0 Å². The van der Waals surface area contributed by atoms with Crippen LogP contribution in [-0.4, -0.2) is 47.4 Å². The summed E-state index contributed by atoms with van der Waals surface area (Å²) in [7, 11) is 0. The first-order valence-corrected chi connectivity index (χ1v) is 17.4. The Morgan fingerprint density at radius 3 is 0.250 bits per heavy atom. The molecule has 0 aliphatic heterocycles. The smallest absolute Gasteiger partial charge is 0.180 e. The van der Waals surface area contributed by atoms with Gasteiger partial charge < -0.3 is 14.4 Å². The van der Waals surface area contributed by atoms with E-state index in [1.807, 2.05) is 0 Å². The van der Waals surface area contributed by atoms with Crippen LogP contribution < -0.4 is 0 Å². The first-order chi connectivity index (χ1) is 17.3. The Bertz CT molecular complexity index is 319. The van der Waals surface area contributed by atoms with Crippen molar-refractivity contribution in [2.75, 3.05) is 0 Å². The van der Waals surface area contributed by atoms with Gasteiger partial charge in [0.2, 0.25) is 0 Å². The SMILES string of the molecule is CC(C)=O.CC(C)=O.CC(C)=O.ClC(Cl)Cl.ClC(Cl)Cl.ClC(Cl)Cl.ClC(Cl)Cl.ClC(Cl)Cl.ClC(Cl)Cl.ClC(Cl)Cl. The molecule has 0 atom stereocenters. The maximum Gasteiger partial charge on any atom is 0.180 e. The molecule has 0 aromatic heterocycles. The number of hydrogen-bond acceptors (Lipinski definition) is 3. The van der Waals surface area contributed by atoms with Crippen LogP contribution in [0.2, 0.25) is 0 Å². The lowest BCUT2D eigenvalue weighted by Gasteiger charge is -1.69. The molecule has 0 rings (SSSR count). The van der Waals surface area contributed by atoms with E-state index in [-0.39, 0.29) is 17.3 Å². The number of hydrogen-bond donors (Lipinski definition) is 0. The van der Waals surface area contributed by atoms with E-state index >= 15 is 0 Å². The molecule has 0 saturated carbocycles. The first-order valence-electron chi connectivity index (χ1n) is 8.19. The van der Waals surface area contributed by atoms with Gasteiger partial charge in [0.1, 0.15) is 17.3 Å². The maximum atomic E-state index is 9.44. The molecule has 0 aromatic carbocycles. The molecule has 0 radical (unpaired) electrons. The van der Waals surface area contributed by atoms with Crippen LogP contribution in [0.4, 0.5) is 0 Å². The van der Waals surface area contributed by atoms with E-state index in [1.165, 1.54) is 41.5 Å². The van der Waals surface area contributed by atoms with E-state index in [2.05, 4.69) is 0 Å². The van der Waals surface area contributed by atoms with Gasteiger partial charge in [-0.05, 0) is 41.5 Å². The maximum absolute atomic E-state index is 9.44. The predicted molar refractivity (Wildman–Crippen MR) is 198 cm³/mol. The summed E-state index contributed by atoms with van der Waals surface area (Å²) < 4.78 is -5.25. The van der Waals surface area contributed by atoms with Gasteiger partial charge in [0.05, 0.1) is 0 Å². The highest BCUT2D eigenvalue weighted by Crippen LogP contribution is 2.06. The van der Waals surface area contributed by atoms with Gasteiger partial charge in [-0.25, -0.2) is 0 Å². The molecule has 0 unspecified atom stereocenters. The lowest BCUT2D eigenvalue weighted by Crippen LogP contribution is -1.69. The molecule has 0 fully saturated rings. The molecule has 0 bridgehead atoms. The quantitative estimate of drug-likeness (QED) is 0.227. The molecular formula is C16H25Cl21O3. The van der Waals surface area contributed by atoms with Crippen LogP contribution in [0, 0.1) is 0 Å². The monoisotopic (exact) mass is 1000 g/mol. The van der Waals surface area contributed by atoms with Gasteiger partial charge in [-0.15, -0.1) is 0 Å². The van der Waals surface area contributed by atoms with Crippen LogP contribution in [-0.2, 0) is 14.4 Å². The first kappa shape index (κ1) is 71.2. The van der Waals surface area contributed by atoms with Gasteiger partial charge in [-0.1, -0.05) is 244 Å². The van der Waals surface area contributed by atoms with Gasteiger partial charge in [0.15, 0.2) is 30.1 Å². The van der Waals surface area contributed by atoms with E-state index in [1.54, 1.807) is 0 Å². The van der Waals surface area contributed by atoms with E-state index < -0.39 is 30.1 Å². The summed E-state index contributed by atoms with van der Waals surface area (Å²) >= 11 is 101. The molecule has 0 amide bonds. The highest BCUT2D eigenvalue weighted by molar-refractivity contribution is 6.65. The Morgan fingerprint density at radius 2 is 0.250 bits per heavy atom. The van der Waals surface area contributed by atoms with E-state index in [0.29, 0.717) is 0 Å². The summed E-state index contributed by atoms with van der Waals surface area (Å²) in [5, 5.41) is 0. The van der Waals surface area contributed by atoms with Gasteiger partial charge in [0.25, 0.3) is 0 Å². The molecule has 40 heavy (non-hydrogen) atoms. The van der Waals surface area contributed by atoms with Crippen molar-refractivity contribution < 1.29 is 14.4 Å². The largest absolute Gasteiger partial charge is 0.300 e. The van der Waals surface area contributed by atoms with Crippen LogP contribution in [0.1, 0.15) is 41.5 Å². The summed E-state index contributed by atoms with van der Waals surface area (Å²) in [5.41, 5.74) is 0. The van der Waals surface area contributed by atoms with E-state index in [0.717, 1.165) is 0 Å². The molecule has 0 N–H and O–H groups in total. The van der Waals surface area contributed by atoms with Crippen molar-refractivity contribution in [3.05, 3.63) is 0 Å². The molecule has 0 heterocycles. The topological polar surface area (TPSA) is 51.2 Å². The number of carbonyl (C=O) groups is 3. The lowest BCUT2D eigenvalue weighted by molar-refractivity contribution is -0.115. The molecule has 24 heteroatoms. The van der Waals surface area contributed by atoms with E-state index in [4.69, 9.17) is 244 Å². The van der Waals surface area contributed by atoms with Crippen LogP contribution >= 0.6 is 244 Å². The highest BCUT2D eigenvalue weighted by atomic mass is 35.6.